The molecule has 1 aromatic carbocycles. The molecule has 154 valence electrons. The van der Waals surface area contributed by atoms with Crippen LogP contribution in [0.3, 0.4) is 0 Å². The zero-order valence-electron chi connectivity index (χ0n) is 14.4. The number of amides is 1. The molecule has 3 aromatic rings. The van der Waals surface area contributed by atoms with Crippen LogP contribution in [0.4, 0.5) is 30.7 Å². The van der Waals surface area contributed by atoms with Gasteiger partial charge in [0, 0.05) is 30.9 Å². The largest absolute Gasteiger partial charge is 0.416 e. The molecule has 1 amide bonds. The molecule has 2 heterocycles. The van der Waals surface area contributed by atoms with E-state index in [2.05, 4.69) is 10.3 Å². The number of nitrogens with zero attached hydrogens (tertiary/aromatic N) is 2. The van der Waals surface area contributed by atoms with E-state index in [1.54, 1.807) is 0 Å². The van der Waals surface area contributed by atoms with Gasteiger partial charge in [0.15, 0.2) is 0 Å². The van der Waals surface area contributed by atoms with E-state index in [4.69, 9.17) is 0 Å². The van der Waals surface area contributed by atoms with Gasteiger partial charge >= 0.3 is 12.4 Å². The molecule has 4 nitrogen and oxygen atoms in total. The minimum absolute atomic E-state index is 0.0490. The predicted octanol–water partition coefficient (Wildman–Crippen LogP) is 4.48. The van der Waals surface area contributed by atoms with E-state index in [-0.39, 0.29) is 19.0 Å². The highest BCUT2D eigenvalue weighted by Gasteiger charge is 2.37. The fourth-order valence-corrected chi connectivity index (χ4v) is 2.63. The van der Waals surface area contributed by atoms with Gasteiger partial charge in [-0.2, -0.15) is 26.3 Å². The monoisotopic (exact) mass is 419 g/mol. The molecule has 0 radical (unpaired) electrons. The van der Waals surface area contributed by atoms with Crippen molar-refractivity contribution < 1.29 is 35.5 Å². The third kappa shape index (κ3) is 4.84. The number of carbonyl (C=O) groups is 1. The average molecular weight is 419 g/mol. The van der Waals surface area contributed by atoms with Gasteiger partial charge in [-0.25, -0.2) is 9.37 Å². The summed E-state index contributed by atoms with van der Waals surface area (Å²) >= 11 is 0. The van der Waals surface area contributed by atoms with Gasteiger partial charge in [0.1, 0.15) is 11.5 Å². The number of imidazole rings is 1. The Hall–Kier alpha value is -3.11. The molecule has 11 heteroatoms. The van der Waals surface area contributed by atoms with Crippen molar-refractivity contribution in [3.05, 3.63) is 70.9 Å². The summed E-state index contributed by atoms with van der Waals surface area (Å²) in [5, 5.41) is 2.26. The van der Waals surface area contributed by atoms with Crippen molar-refractivity contribution >= 4 is 11.6 Å². The molecule has 0 atom stereocenters. The van der Waals surface area contributed by atoms with E-state index in [0.29, 0.717) is 23.5 Å². The first-order valence-electron chi connectivity index (χ1n) is 8.14. The number of halogens is 7. The van der Waals surface area contributed by atoms with E-state index < -0.39 is 40.8 Å². The number of hydrogen-bond donors (Lipinski definition) is 1. The minimum atomic E-state index is -5.04. The van der Waals surface area contributed by atoms with Crippen molar-refractivity contribution in [1.29, 1.82) is 0 Å². The van der Waals surface area contributed by atoms with Crippen LogP contribution in [0.15, 0.2) is 42.7 Å². The normalized spacial score (nSPS) is 12.4. The summed E-state index contributed by atoms with van der Waals surface area (Å²) in [5.74, 6) is -1.57. The van der Waals surface area contributed by atoms with Crippen LogP contribution in [0.1, 0.15) is 27.2 Å². The Labute approximate surface area is 159 Å². The van der Waals surface area contributed by atoms with Crippen LogP contribution in [-0.2, 0) is 18.8 Å². The molecule has 29 heavy (non-hydrogen) atoms. The number of alkyl halides is 6. The number of nitrogens with one attached hydrogen (secondary N) is 1. The van der Waals surface area contributed by atoms with Crippen LogP contribution in [0.25, 0.3) is 5.65 Å². The quantitative estimate of drug-likeness (QED) is 0.634. The molecule has 0 saturated heterocycles. The van der Waals surface area contributed by atoms with Crippen LogP contribution < -0.4 is 5.32 Å². The molecular weight excluding hydrogens is 407 g/mol. The van der Waals surface area contributed by atoms with Crippen molar-refractivity contribution in [2.75, 3.05) is 6.54 Å². The standard InChI is InChI=1S/C18H12F7N3O/c19-13-1-2-15-27-14(9-28(15)8-13)3-4-26-16(29)10-5-11(17(20,21)22)7-12(6-10)18(23,24)25/h1-2,5-9H,3-4H2,(H,26,29). The van der Waals surface area contributed by atoms with Crippen LogP contribution >= 0.6 is 0 Å². The molecule has 0 aliphatic rings. The van der Waals surface area contributed by atoms with Crippen molar-refractivity contribution in [2.24, 2.45) is 0 Å². The second kappa shape index (κ2) is 7.37. The van der Waals surface area contributed by atoms with E-state index in [1.165, 1.54) is 28.9 Å². The number of fused-ring (bicyclic) bond motifs is 1. The summed E-state index contributed by atoms with van der Waals surface area (Å²) in [6, 6.07) is 3.31. The maximum Gasteiger partial charge on any atom is 0.416 e. The van der Waals surface area contributed by atoms with Gasteiger partial charge < -0.3 is 9.72 Å². The first kappa shape index (κ1) is 20.6. The zero-order chi connectivity index (χ0) is 21.4. The molecule has 0 saturated carbocycles. The SMILES string of the molecule is O=C(NCCc1cn2cc(F)ccc2n1)c1cc(C(F)(F)F)cc(C(F)(F)F)c1. The van der Waals surface area contributed by atoms with Crippen molar-refractivity contribution in [3.63, 3.8) is 0 Å². The lowest BCUT2D eigenvalue weighted by molar-refractivity contribution is -0.143. The van der Waals surface area contributed by atoms with Crippen molar-refractivity contribution in [2.45, 2.75) is 18.8 Å². The van der Waals surface area contributed by atoms with Crippen molar-refractivity contribution in [3.8, 4) is 0 Å². The molecule has 2 aromatic heterocycles. The van der Waals surface area contributed by atoms with Gasteiger partial charge in [-0.15, -0.1) is 0 Å². The fourth-order valence-electron chi connectivity index (χ4n) is 2.63. The summed E-state index contributed by atoms with van der Waals surface area (Å²) in [5.41, 5.74) is -3.00. The van der Waals surface area contributed by atoms with Crippen LogP contribution in [0.2, 0.25) is 0 Å². The predicted molar refractivity (Wildman–Crippen MR) is 87.6 cm³/mol. The molecule has 0 aliphatic heterocycles. The molecule has 0 unspecified atom stereocenters. The Morgan fingerprint density at radius 1 is 0.966 bits per heavy atom. The summed E-state index contributed by atoms with van der Waals surface area (Å²) in [6.07, 6.45) is -7.26. The molecule has 0 bridgehead atoms. The molecule has 0 aliphatic carbocycles. The van der Waals surface area contributed by atoms with Gasteiger partial charge in [-0.05, 0) is 30.3 Å². The zero-order valence-corrected chi connectivity index (χ0v) is 14.4. The van der Waals surface area contributed by atoms with Crippen molar-refractivity contribution in [1.82, 2.24) is 14.7 Å². The first-order valence-corrected chi connectivity index (χ1v) is 8.14. The maximum absolute atomic E-state index is 13.2. The highest BCUT2D eigenvalue weighted by Crippen LogP contribution is 2.36. The lowest BCUT2D eigenvalue weighted by Gasteiger charge is -2.14. The van der Waals surface area contributed by atoms with Crippen LogP contribution in [0.5, 0.6) is 0 Å². The number of aromatic nitrogens is 2. The number of rotatable bonds is 4. The van der Waals surface area contributed by atoms with Gasteiger partial charge in [-0.3, -0.25) is 4.79 Å². The highest BCUT2D eigenvalue weighted by atomic mass is 19.4. The topological polar surface area (TPSA) is 46.4 Å². The lowest BCUT2D eigenvalue weighted by atomic mass is 10.0. The number of benzene rings is 1. The molecule has 1 N–H and O–H groups in total. The highest BCUT2D eigenvalue weighted by molar-refractivity contribution is 5.94. The summed E-state index contributed by atoms with van der Waals surface area (Å²) in [4.78, 5) is 16.3. The van der Waals surface area contributed by atoms with Gasteiger partial charge in [0.2, 0.25) is 0 Å². The Bertz CT molecular complexity index is 1020. The molecular formula is C18H12F7N3O. The summed E-state index contributed by atoms with van der Waals surface area (Å²) < 4.78 is 91.8. The Morgan fingerprint density at radius 2 is 1.59 bits per heavy atom. The second-order valence-corrected chi connectivity index (χ2v) is 6.15. The Balaban J connectivity index is 1.74. The molecule has 0 fully saturated rings. The molecule has 0 spiro atoms. The number of hydrogen-bond acceptors (Lipinski definition) is 2. The number of pyridine rings is 1. The first-order chi connectivity index (χ1) is 13.4. The Kier molecular flexibility index (Phi) is 5.24. The van der Waals surface area contributed by atoms with E-state index in [9.17, 15) is 35.5 Å². The maximum atomic E-state index is 13.2. The van der Waals surface area contributed by atoms with Crippen LogP contribution in [0, 0.1) is 5.82 Å². The summed E-state index contributed by atoms with van der Waals surface area (Å²) in [7, 11) is 0. The van der Waals surface area contributed by atoms with E-state index >= 15 is 0 Å². The Morgan fingerprint density at radius 3 is 2.17 bits per heavy atom. The smallest absolute Gasteiger partial charge is 0.352 e. The average Bonchev–Trinajstić information content (AvgIpc) is 3.01. The number of carbonyl (C=O) groups excluding carboxylic acids is 1. The van der Waals surface area contributed by atoms with E-state index in [0.717, 1.165) is 0 Å². The van der Waals surface area contributed by atoms with Gasteiger partial charge in [0.05, 0.1) is 16.8 Å². The van der Waals surface area contributed by atoms with Gasteiger partial charge in [0.25, 0.3) is 5.91 Å². The second-order valence-electron chi connectivity index (χ2n) is 6.15. The lowest BCUT2D eigenvalue weighted by Crippen LogP contribution is -2.26. The minimum Gasteiger partial charge on any atom is -0.352 e. The van der Waals surface area contributed by atoms with Crippen LogP contribution in [-0.4, -0.2) is 21.8 Å². The van der Waals surface area contributed by atoms with E-state index in [1.807, 2.05) is 0 Å². The fraction of sp³-hybridized carbons (Fsp3) is 0.222. The van der Waals surface area contributed by atoms with Gasteiger partial charge in [-0.1, -0.05) is 0 Å². The summed E-state index contributed by atoms with van der Waals surface area (Å²) in [6.45, 7) is -0.0945. The third-order valence-electron chi connectivity index (χ3n) is 3.98. The molecule has 3 rings (SSSR count). The third-order valence-corrected chi connectivity index (χ3v) is 3.98.